The number of ether oxygens (including phenoxy) is 1. The van der Waals surface area contributed by atoms with E-state index in [9.17, 15) is 0 Å². The van der Waals surface area contributed by atoms with Gasteiger partial charge in [-0.05, 0) is 25.7 Å². The molecule has 24 heavy (non-hydrogen) atoms. The molecule has 136 valence electrons. The quantitative estimate of drug-likeness (QED) is 0.280. The smallest absolute Gasteiger partial charge is 0.191 e. The van der Waals surface area contributed by atoms with Crippen LogP contribution in [0.3, 0.4) is 0 Å². The molecule has 2 N–H and O–H groups in total. The van der Waals surface area contributed by atoms with Crippen LogP contribution in [0.5, 0.6) is 0 Å². The minimum atomic E-state index is 0. The Morgan fingerprint density at radius 3 is 2.88 bits per heavy atom. The lowest BCUT2D eigenvalue weighted by molar-refractivity contribution is 0.153. The summed E-state index contributed by atoms with van der Waals surface area (Å²) in [6, 6.07) is 0. The molecule has 1 aromatic rings. The molecule has 0 aliphatic carbocycles. The molecule has 0 spiro atoms. The summed E-state index contributed by atoms with van der Waals surface area (Å²) < 4.78 is 5.33. The first kappa shape index (κ1) is 21.4. The zero-order chi connectivity index (χ0) is 16.5. The fraction of sp³-hybridized carbons (Fsp3) is 0.647. The van der Waals surface area contributed by atoms with Crippen LogP contribution in [0.1, 0.15) is 50.2 Å². The Kier molecular flexibility index (Phi) is 10.5. The Bertz CT molecular complexity index is 542. The van der Waals surface area contributed by atoms with E-state index in [1.807, 2.05) is 0 Å². The molecule has 0 amide bonds. The van der Waals surface area contributed by atoms with E-state index in [1.54, 1.807) is 11.3 Å². The normalized spacial score (nSPS) is 15.0. The summed E-state index contributed by atoms with van der Waals surface area (Å²) in [7, 11) is 0. The van der Waals surface area contributed by atoms with E-state index >= 15 is 0 Å². The highest BCUT2D eigenvalue weighted by Crippen LogP contribution is 2.18. The maximum atomic E-state index is 5.33. The fourth-order valence-corrected chi connectivity index (χ4v) is 3.16. The van der Waals surface area contributed by atoms with E-state index in [0.29, 0.717) is 12.5 Å². The van der Waals surface area contributed by atoms with Crippen LogP contribution in [0.15, 0.2) is 22.0 Å². The van der Waals surface area contributed by atoms with Crippen molar-refractivity contribution in [3.63, 3.8) is 0 Å². The second-order valence-electron chi connectivity index (χ2n) is 5.88. The number of halogens is 1. The minimum absolute atomic E-state index is 0. The summed E-state index contributed by atoms with van der Waals surface area (Å²) in [5, 5.41) is 9.89. The third-order valence-electron chi connectivity index (χ3n) is 3.67. The van der Waals surface area contributed by atoms with Crippen LogP contribution >= 0.6 is 35.3 Å². The summed E-state index contributed by atoms with van der Waals surface area (Å²) in [5.41, 5.74) is 2.63. The van der Waals surface area contributed by atoms with Crippen molar-refractivity contribution >= 4 is 41.3 Å². The number of nitrogens with one attached hydrogen (secondary N) is 2. The highest BCUT2D eigenvalue weighted by atomic mass is 127. The Labute approximate surface area is 166 Å². The summed E-state index contributed by atoms with van der Waals surface area (Å²) in [6.07, 6.45) is 4.28. The first-order chi connectivity index (χ1) is 11.2. The zero-order valence-electron chi connectivity index (χ0n) is 14.8. The topological polar surface area (TPSA) is 58.5 Å². The van der Waals surface area contributed by atoms with E-state index < -0.39 is 0 Å². The lowest BCUT2D eigenvalue weighted by Crippen LogP contribution is -2.38. The van der Waals surface area contributed by atoms with Crippen molar-refractivity contribution in [1.82, 2.24) is 15.6 Å². The van der Waals surface area contributed by atoms with E-state index in [-0.39, 0.29) is 24.0 Å². The molecule has 1 aromatic heterocycles. The fourth-order valence-electron chi connectivity index (χ4n) is 2.29. The van der Waals surface area contributed by atoms with Crippen molar-refractivity contribution in [1.29, 1.82) is 0 Å². The number of aliphatic imine (C=N–C) groups is 1. The molecule has 0 saturated carbocycles. The average molecular weight is 464 g/mol. The van der Waals surface area contributed by atoms with Gasteiger partial charge >= 0.3 is 0 Å². The summed E-state index contributed by atoms with van der Waals surface area (Å²) in [5.74, 6) is 1.34. The van der Waals surface area contributed by atoms with E-state index in [2.05, 4.69) is 52.8 Å². The van der Waals surface area contributed by atoms with Crippen molar-refractivity contribution < 1.29 is 4.74 Å². The van der Waals surface area contributed by atoms with Crippen LogP contribution in [0.4, 0.5) is 0 Å². The van der Waals surface area contributed by atoms with Crippen molar-refractivity contribution in [3.8, 4) is 0 Å². The van der Waals surface area contributed by atoms with Gasteiger partial charge in [0.2, 0.25) is 0 Å². The lowest BCUT2D eigenvalue weighted by atomic mass is 10.1. The molecule has 0 atom stereocenters. The molecule has 5 nitrogen and oxygen atoms in total. The van der Waals surface area contributed by atoms with Crippen molar-refractivity contribution in [3.05, 3.63) is 27.7 Å². The minimum Gasteiger partial charge on any atom is -0.377 e. The Hall–Kier alpha value is -0.670. The van der Waals surface area contributed by atoms with Gasteiger partial charge in [0.1, 0.15) is 5.01 Å². The van der Waals surface area contributed by atoms with Crippen molar-refractivity contribution in [2.75, 3.05) is 26.3 Å². The number of thiazole rings is 1. The van der Waals surface area contributed by atoms with Crippen molar-refractivity contribution in [2.24, 2.45) is 4.99 Å². The van der Waals surface area contributed by atoms with Crippen LogP contribution in [0, 0.1) is 0 Å². The molecule has 0 aromatic carbocycles. The van der Waals surface area contributed by atoms with Crippen LogP contribution in [-0.4, -0.2) is 37.2 Å². The van der Waals surface area contributed by atoms with Crippen LogP contribution < -0.4 is 10.6 Å². The Balaban J connectivity index is 0.00000288. The predicted octanol–water partition coefficient (Wildman–Crippen LogP) is 3.68. The standard InChI is InChI=1S/C17H28N4OS.HI/c1-4-18-17(19-8-5-14-6-9-22-10-7-14)20-11-16-21-15(12-23-16)13(2)3;/h6,12-13H,4-5,7-11H2,1-3H3,(H2,18,19,20);1H. The highest BCUT2D eigenvalue weighted by molar-refractivity contribution is 14.0. The molecule has 0 radical (unpaired) electrons. The number of hydrogen-bond acceptors (Lipinski definition) is 4. The first-order valence-corrected chi connectivity index (χ1v) is 9.29. The molecular formula is C17H29IN4OS. The van der Waals surface area contributed by atoms with E-state index in [4.69, 9.17) is 4.74 Å². The molecule has 0 saturated heterocycles. The molecule has 2 heterocycles. The second-order valence-corrected chi connectivity index (χ2v) is 6.82. The lowest BCUT2D eigenvalue weighted by Gasteiger charge is -2.15. The number of hydrogen-bond donors (Lipinski definition) is 2. The van der Waals surface area contributed by atoms with Gasteiger partial charge in [0.25, 0.3) is 0 Å². The number of nitrogens with zero attached hydrogens (tertiary/aromatic N) is 2. The Morgan fingerprint density at radius 2 is 2.25 bits per heavy atom. The van der Waals surface area contributed by atoms with Gasteiger partial charge in [0.05, 0.1) is 25.5 Å². The van der Waals surface area contributed by atoms with Gasteiger partial charge in [-0.3, -0.25) is 0 Å². The zero-order valence-corrected chi connectivity index (χ0v) is 17.9. The molecule has 1 aliphatic rings. The van der Waals surface area contributed by atoms with Gasteiger partial charge in [-0.25, -0.2) is 9.98 Å². The molecular weight excluding hydrogens is 435 g/mol. The van der Waals surface area contributed by atoms with Gasteiger partial charge < -0.3 is 15.4 Å². The largest absolute Gasteiger partial charge is 0.377 e. The van der Waals surface area contributed by atoms with Crippen LogP contribution in [0.2, 0.25) is 0 Å². The Morgan fingerprint density at radius 1 is 1.42 bits per heavy atom. The van der Waals surface area contributed by atoms with Crippen LogP contribution in [0.25, 0.3) is 0 Å². The average Bonchev–Trinajstić information content (AvgIpc) is 3.03. The number of aromatic nitrogens is 1. The van der Waals surface area contributed by atoms with E-state index in [0.717, 1.165) is 55.8 Å². The van der Waals surface area contributed by atoms with E-state index in [1.165, 1.54) is 5.57 Å². The maximum Gasteiger partial charge on any atom is 0.191 e. The maximum absolute atomic E-state index is 5.33. The van der Waals surface area contributed by atoms with Gasteiger partial charge in [-0.15, -0.1) is 35.3 Å². The third kappa shape index (κ3) is 7.48. The highest BCUT2D eigenvalue weighted by Gasteiger charge is 2.06. The monoisotopic (exact) mass is 464 g/mol. The van der Waals surface area contributed by atoms with Gasteiger partial charge in [0.15, 0.2) is 5.96 Å². The molecule has 7 heteroatoms. The summed E-state index contributed by atoms with van der Waals surface area (Å²) in [6.45, 7) is 10.4. The third-order valence-corrected chi connectivity index (χ3v) is 4.53. The number of guanidine groups is 1. The van der Waals surface area contributed by atoms with Crippen LogP contribution in [-0.2, 0) is 11.3 Å². The van der Waals surface area contributed by atoms with Crippen molar-refractivity contribution in [2.45, 2.75) is 46.1 Å². The molecule has 2 rings (SSSR count). The SMILES string of the molecule is CCNC(=NCc1nc(C(C)C)cs1)NCCC1=CCOCC1.I. The summed E-state index contributed by atoms with van der Waals surface area (Å²) in [4.78, 5) is 9.27. The predicted molar refractivity (Wildman–Crippen MR) is 113 cm³/mol. The first-order valence-electron chi connectivity index (χ1n) is 8.41. The van der Waals surface area contributed by atoms with Gasteiger partial charge in [-0.1, -0.05) is 25.5 Å². The summed E-state index contributed by atoms with van der Waals surface area (Å²) >= 11 is 1.69. The molecule has 0 fully saturated rings. The van der Waals surface area contributed by atoms with Gasteiger partial charge in [-0.2, -0.15) is 0 Å². The second kappa shape index (κ2) is 11.8. The molecule has 1 aliphatic heterocycles. The molecule has 0 bridgehead atoms. The number of rotatable bonds is 7. The molecule has 0 unspecified atom stereocenters. The van der Waals surface area contributed by atoms with Gasteiger partial charge in [0, 0.05) is 18.5 Å².